The number of rotatable bonds is 10. The summed E-state index contributed by atoms with van der Waals surface area (Å²) >= 11 is 0. The number of nitrogen functional groups attached to an aromatic ring is 1. The summed E-state index contributed by atoms with van der Waals surface area (Å²) in [5.74, 6) is -1.36. The molecule has 3 aromatic rings. The highest BCUT2D eigenvalue weighted by molar-refractivity contribution is 7.85. The number of imidazole rings is 1. The number of methoxy groups -OCH3 is 1. The maximum absolute atomic E-state index is 12.3. The summed E-state index contributed by atoms with van der Waals surface area (Å²) in [7, 11) is -3.35. The van der Waals surface area contributed by atoms with E-state index >= 15 is 0 Å². The molecule has 1 fully saturated rings. The van der Waals surface area contributed by atoms with Gasteiger partial charge in [0.25, 0.3) is 0 Å². The molecular formula is C23H26N6O9S. The Morgan fingerprint density at radius 2 is 1.87 bits per heavy atom. The maximum Gasteiger partial charge on any atom is 0.362 e. The lowest BCUT2D eigenvalue weighted by molar-refractivity contribution is -0.119. The molecule has 0 saturated carbocycles. The fourth-order valence-electron chi connectivity index (χ4n) is 4.01. The zero-order chi connectivity index (χ0) is 28.3. The third-order valence-corrected chi connectivity index (χ3v) is 6.92. The van der Waals surface area contributed by atoms with Gasteiger partial charge in [0.2, 0.25) is 5.91 Å². The number of nitrogens with one attached hydrogen (secondary N) is 1. The Bertz CT molecular complexity index is 1510. The summed E-state index contributed by atoms with van der Waals surface area (Å²) in [4.78, 5) is 36.2. The van der Waals surface area contributed by atoms with Crippen LogP contribution in [0.15, 0.2) is 43.5 Å². The molecule has 0 unspecified atom stereocenters. The summed E-state index contributed by atoms with van der Waals surface area (Å²) in [6.07, 6.45) is -3.23. The molecule has 39 heavy (non-hydrogen) atoms. The maximum atomic E-state index is 12.3. The summed E-state index contributed by atoms with van der Waals surface area (Å²) in [5.41, 5.74) is 7.40. The second kappa shape index (κ2) is 11.4. The number of aliphatic hydroxyl groups is 2. The second-order valence-electron chi connectivity index (χ2n) is 8.53. The lowest BCUT2D eigenvalue weighted by Crippen LogP contribution is -2.37. The van der Waals surface area contributed by atoms with Crippen molar-refractivity contribution in [3.63, 3.8) is 0 Å². The van der Waals surface area contributed by atoms with E-state index in [0.717, 1.165) is 0 Å². The van der Waals surface area contributed by atoms with E-state index in [4.69, 9.17) is 19.4 Å². The zero-order valence-electron chi connectivity index (χ0n) is 20.6. The molecule has 4 atom stereocenters. The number of hydrogen-bond donors (Lipinski definition) is 4. The number of anilines is 1. The van der Waals surface area contributed by atoms with Crippen molar-refractivity contribution in [3.8, 4) is 0 Å². The third kappa shape index (κ3) is 6.04. The quantitative estimate of drug-likeness (QED) is 0.233. The van der Waals surface area contributed by atoms with Gasteiger partial charge in [-0.25, -0.2) is 24.5 Å². The van der Waals surface area contributed by atoms with Gasteiger partial charge in [0.05, 0.1) is 25.6 Å². The molecule has 1 aromatic carbocycles. The monoisotopic (exact) mass is 562 g/mol. The standard InChI is InChI=1S/C23H26N6O9S/c1-12(13-5-3-4-6-14(13)23(33)36-2)7-8-16(30)28-39(34,35)37-9-15-18(31)19(32)22(38-15)29-11-27-17-20(24)25-10-26-21(17)29/h3-6,10-11,15,18-19,22,31-32H,1,7-9H2,2H3,(H,28,30)(H2,24,25,26)/t15-,18-,19-,22-/m1/s1. The predicted molar refractivity (Wildman–Crippen MR) is 135 cm³/mol. The van der Waals surface area contributed by atoms with Crippen molar-refractivity contribution in [2.75, 3.05) is 19.5 Å². The molecule has 208 valence electrons. The van der Waals surface area contributed by atoms with E-state index in [1.807, 2.05) is 0 Å². The Hall–Kier alpha value is -3.96. The number of nitrogens with zero attached hydrogens (tertiary/aromatic N) is 4. The minimum absolute atomic E-state index is 0.0423. The topological polar surface area (TPSA) is 218 Å². The number of hydrogen-bond acceptors (Lipinski definition) is 13. The Morgan fingerprint density at radius 3 is 2.59 bits per heavy atom. The van der Waals surface area contributed by atoms with Gasteiger partial charge in [-0.05, 0) is 23.6 Å². The Balaban J connectivity index is 1.32. The first kappa shape index (κ1) is 28.1. The number of allylic oxidation sites excluding steroid dienone is 1. The molecule has 1 aliphatic heterocycles. The highest BCUT2D eigenvalue weighted by Gasteiger charge is 2.45. The number of amides is 1. The van der Waals surface area contributed by atoms with Crippen molar-refractivity contribution in [1.29, 1.82) is 0 Å². The molecule has 2 aromatic heterocycles. The molecule has 1 amide bonds. The number of carbonyl (C=O) groups excluding carboxylic acids is 2. The molecule has 0 spiro atoms. The van der Waals surface area contributed by atoms with Crippen molar-refractivity contribution in [2.24, 2.45) is 0 Å². The van der Waals surface area contributed by atoms with Crippen LogP contribution in [0.5, 0.6) is 0 Å². The SMILES string of the molecule is C=C(CCC(=O)NS(=O)(=O)OC[C@H]1O[C@@H](n2cnc3c(N)ncnc32)[C@H](O)[C@@H]1O)c1ccccc1C(=O)OC. The number of fused-ring (bicyclic) bond motifs is 1. The van der Waals surface area contributed by atoms with Crippen LogP contribution in [0.1, 0.15) is 35.0 Å². The summed E-state index contributed by atoms with van der Waals surface area (Å²) in [6, 6.07) is 6.51. The van der Waals surface area contributed by atoms with Crippen LogP contribution < -0.4 is 10.5 Å². The van der Waals surface area contributed by atoms with Gasteiger partial charge in [-0.3, -0.25) is 13.5 Å². The average Bonchev–Trinajstić information content (AvgIpc) is 3.47. The van der Waals surface area contributed by atoms with Crippen molar-refractivity contribution in [3.05, 3.63) is 54.6 Å². The number of ether oxygens (including phenoxy) is 2. The van der Waals surface area contributed by atoms with E-state index in [9.17, 15) is 28.2 Å². The second-order valence-corrected chi connectivity index (χ2v) is 9.88. The fraction of sp³-hybridized carbons (Fsp3) is 0.348. The molecule has 1 aliphatic rings. The number of esters is 1. The van der Waals surface area contributed by atoms with E-state index in [-0.39, 0.29) is 35.4 Å². The van der Waals surface area contributed by atoms with Crippen molar-refractivity contribution < 1.29 is 41.9 Å². The van der Waals surface area contributed by atoms with Gasteiger partial charge in [-0.15, -0.1) is 0 Å². The fourth-order valence-corrected chi connectivity index (χ4v) is 4.76. The highest BCUT2D eigenvalue weighted by Crippen LogP contribution is 2.32. The van der Waals surface area contributed by atoms with Gasteiger partial charge in [0, 0.05) is 6.42 Å². The average molecular weight is 563 g/mol. The predicted octanol–water partition coefficient (Wildman–Crippen LogP) is -0.314. The normalized spacial score (nSPS) is 21.1. The molecule has 1 saturated heterocycles. The lowest BCUT2D eigenvalue weighted by Gasteiger charge is -2.16. The van der Waals surface area contributed by atoms with Crippen LogP contribution in [0.4, 0.5) is 5.82 Å². The Kier molecular flexibility index (Phi) is 8.22. The zero-order valence-corrected chi connectivity index (χ0v) is 21.4. The van der Waals surface area contributed by atoms with E-state index in [2.05, 4.69) is 21.5 Å². The van der Waals surface area contributed by atoms with E-state index in [1.165, 1.54) is 24.3 Å². The van der Waals surface area contributed by atoms with Crippen LogP contribution in [0.25, 0.3) is 16.7 Å². The number of aliphatic hydroxyl groups excluding tert-OH is 2. The van der Waals surface area contributed by atoms with Gasteiger partial charge in [0.1, 0.15) is 30.2 Å². The van der Waals surface area contributed by atoms with Crippen molar-refractivity contribution >= 4 is 44.7 Å². The Morgan fingerprint density at radius 1 is 1.15 bits per heavy atom. The molecule has 15 nitrogen and oxygen atoms in total. The van der Waals surface area contributed by atoms with E-state index < -0.39 is 53.3 Å². The molecule has 0 bridgehead atoms. The van der Waals surface area contributed by atoms with Gasteiger partial charge in [-0.2, -0.15) is 8.42 Å². The summed E-state index contributed by atoms with van der Waals surface area (Å²) in [5, 5.41) is 20.9. The molecule has 3 heterocycles. The molecule has 5 N–H and O–H groups in total. The Labute approximate surface area is 222 Å². The highest BCUT2D eigenvalue weighted by atomic mass is 32.2. The number of benzene rings is 1. The van der Waals surface area contributed by atoms with Crippen LogP contribution in [-0.4, -0.2) is 82.1 Å². The smallest absolute Gasteiger partial charge is 0.362 e. The van der Waals surface area contributed by atoms with Crippen LogP contribution in [0.3, 0.4) is 0 Å². The van der Waals surface area contributed by atoms with E-state index in [1.54, 1.807) is 29.0 Å². The van der Waals surface area contributed by atoms with Gasteiger partial charge >= 0.3 is 16.3 Å². The summed E-state index contributed by atoms with van der Waals surface area (Å²) < 4.78 is 42.9. The number of carbonyl (C=O) groups is 2. The number of nitrogens with two attached hydrogens (primary N) is 1. The lowest BCUT2D eigenvalue weighted by atomic mass is 9.97. The molecule has 16 heteroatoms. The van der Waals surface area contributed by atoms with Crippen molar-refractivity contribution in [2.45, 2.75) is 37.4 Å². The van der Waals surface area contributed by atoms with Crippen LogP contribution in [-0.2, 0) is 28.8 Å². The van der Waals surface area contributed by atoms with Crippen LogP contribution in [0.2, 0.25) is 0 Å². The molecule has 0 radical (unpaired) electrons. The first-order valence-electron chi connectivity index (χ1n) is 11.5. The third-order valence-electron chi connectivity index (χ3n) is 5.99. The first-order chi connectivity index (χ1) is 18.5. The minimum Gasteiger partial charge on any atom is -0.465 e. The molecule has 0 aliphatic carbocycles. The van der Waals surface area contributed by atoms with Crippen LogP contribution >= 0.6 is 0 Å². The van der Waals surface area contributed by atoms with Crippen LogP contribution in [0, 0.1) is 0 Å². The van der Waals surface area contributed by atoms with Gasteiger partial charge < -0.3 is 25.4 Å². The molecular weight excluding hydrogens is 536 g/mol. The summed E-state index contributed by atoms with van der Waals surface area (Å²) in [6.45, 7) is 3.16. The van der Waals surface area contributed by atoms with Crippen molar-refractivity contribution in [1.82, 2.24) is 24.2 Å². The van der Waals surface area contributed by atoms with Gasteiger partial charge in [0.15, 0.2) is 17.7 Å². The van der Waals surface area contributed by atoms with Gasteiger partial charge in [-0.1, -0.05) is 24.8 Å². The number of aromatic nitrogens is 4. The molecule has 4 rings (SSSR count). The first-order valence-corrected chi connectivity index (χ1v) is 12.9. The minimum atomic E-state index is -4.59. The largest absolute Gasteiger partial charge is 0.465 e. The van der Waals surface area contributed by atoms with E-state index in [0.29, 0.717) is 11.1 Å².